The highest BCUT2D eigenvalue weighted by Gasteiger charge is 2.26. The second-order valence-corrected chi connectivity index (χ2v) is 5.40. The van der Waals surface area contributed by atoms with Crippen LogP contribution in [0, 0.1) is 13.8 Å². The second-order valence-electron chi connectivity index (χ2n) is 5.40. The number of H-pyrrole nitrogens is 1. The van der Waals surface area contributed by atoms with Crippen molar-refractivity contribution in [2.75, 3.05) is 13.2 Å². The van der Waals surface area contributed by atoms with Crippen LogP contribution < -0.4 is 0 Å². The van der Waals surface area contributed by atoms with Gasteiger partial charge in [-0.15, -0.1) is 0 Å². The summed E-state index contributed by atoms with van der Waals surface area (Å²) in [6, 6.07) is 5.61. The minimum Gasteiger partial charge on any atom is -0.508 e. The van der Waals surface area contributed by atoms with Crippen molar-refractivity contribution in [1.29, 1.82) is 0 Å². The molecule has 0 atom stereocenters. The Bertz CT molecular complexity index is 821. The number of esters is 2. The molecule has 25 heavy (non-hydrogen) atoms. The third kappa shape index (κ3) is 4.06. The molecule has 7 nitrogen and oxygen atoms in total. The van der Waals surface area contributed by atoms with E-state index in [2.05, 4.69) is 4.98 Å². The number of hydrogen-bond donors (Lipinski definition) is 2. The number of aromatic amines is 1. The number of benzene rings is 1. The minimum absolute atomic E-state index is 0.0810. The zero-order valence-corrected chi connectivity index (χ0v) is 14.2. The SMILES string of the molecule is CCOC(=O)c1c(C)[nH]c(C)c1C(=O)COC(=O)c1cccc(O)c1. The van der Waals surface area contributed by atoms with Crippen molar-refractivity contribution in [2.45, 2.75) is 20.8 Å². The first-order valence-electron chi connectivity index (χ1n) is 7.70. The van der Waals surface area contributed by atoms with E-state index >= 15 is 0 Å². The Morgan fingerprint density at radius 3 is 2.36 bits per heavy atom. The van der Waals surface area contributed by atoms with Gasteiger partial charge in [0.2, 0.25) is 5.78 Å². The summed E-state index contributed by atoms with van der Waals surface area (Å²) in [7, 11) is 0. The van der Waals surface area contributed by atoms with Crippen LogP contribution in [0.5, 0.6) is 5.75 Å². The lowest BCUT2D eigenvalue weighted by Gasteiger charge is -2.07. The Hall–Kier alpha value is -3.09. The average Bonchev–Trinajstić information content (AvgIpc) is 2.86. The lowest BCUT2D eigenvalue weighted by Crippen LogP contribution is -2.18. The van der Waals surface area contributed by atoms with E-state index in [-0.39, 0.29) is 29.0 Å². The number of carbonyl (C=O) groups is 3. The van der Waals surface area contributed by atoms with Gasteiger partial charge in [0.1, 0.15) is 5.75 Å². The summed E-state index contributed by atoms with van der Waals surface area (Å²) < 4.78 is 9.97. The predicted octanol–water partition coefficient (Wildman–Crippen LogP) is 2.55. The van der Waals surface area contributed by atoms with Crippen molar-refractivity contribution in [3.63, 3.8) is 0 Å². The first-order chi connectivity index (χ1) is 11.8. The van der Waals surface area contributed by atoms with Gasteiger partial charge in [0.25, 0.3) is 0 Å². The van der Waals surface area contributed by atoms with Crippen molar-refractivity contribution < 1.29 is 29.0 Å². The predicted molar refractivity (Wildman–Crippen MR) is 88.9 cm³/mol. The summed E-state index contributed by atoms with van der Waals surface area (Å²) in [5.41, 5.74) is 1.44. The van der Waals surface area contributed by atoms with E-state index in [0.29, 0.717) is 11.4 Å². The van der Waals surface area contributed by atoms with Crippen LogP contribution in [0.1, 0.15) is 49.4 Å². The van der Waals surface area contributed by atoms with Gasteiger partial charge in [-0.1, -0.05) is 6.07 Å². The van der Waals surface area contributed by atoms with E-state index in [4.69, 9.17) is 9.47 Å². The third-order valence-electron chi connectivity index (χ3n) is 3.55. The number of ether oxygens (including phenoxy) is 2. The van der Waals surface area contributed by atoms with Crippen LogP contribution in [0.3, 0.4) is 0 Å². The molecule has 7 heteroatoms. The molecule has 1 aromatic heterocycles. The number of phenolic OH excluding ortho intramolecular Hbond substituents is 1. The quantitative estimate of drug-likeness (QED) is 0.616. The van der Waals surface area contributed by atoms with E-state index in [9.17, 15) is 19.5 Å². The molecule has 0 spiro atoms. The fourth-order valence-corrected chi connectivity index (χ4v) is 2.51. The number of aromatic nitrogens is 1. The van der Waals surface area contributed by atoms with Crippen LogP contribution in [-0.2, 0) is 9.47 Å². The molecule has 0 saturated heterocycles. The van der Waals surface area contributed by atoms with Crippen LogP contribution >= 0.6 is 0 Å². The van der Waals surface area contributed by atoms with E-state index in [1.165, 1.54) is 24.3 Å². The molecular formula is C18H19NO6. The molecule has 1 aromatic carbocycles. The third-order valence-corrected chi connectivity index (χ3v) is 3.55. The molecule has 0 radical (unpaired) electrons. The standard InChI is InChI=1S/C18H19NO6/c1-4-24-18(23)16-11(3)19-10(2)15(16)14(21)9-25-17(22)12-6-5-7-13(20)8-12/h5-8,19-20H,4,9H2,1-3H3. The molecule has 0 unspecified atom stereocenters. The normalized spacial score (nSPS) is 10.4. The zero-order chi connectivity index (χ0) is 18.6. The van der Waals surface area contributed by atoms with Gasteiger partial charge in [0, 0.05) is 11.4 Å². The summed E-state index contributed by atoms with van der Waals surface area (Å²) in [5, 5.41) is 9.37. The van der Waals surface area contributed by atoms with Gasteiger partial charge in [0.05, 0.1) is 23.3 Å². The maximum absolute atomic E-state index is 12.5. The minimum atomic E-state index is -0.744. The molecule has 0 aliphatic heterocycles. The van der Waals surface area contributed by atoms with Gasteiger partial charge in [-0.25, -0.2) is 9.59 Å². The van der Waals surface area contributed by atoms with E-state index < -0.39 is 24.3 Å². The topological polar surface area (TPSA) is 106 Å². The van der Waals surface area contributed by atoms with Crippen LogP contribution in [0.2, 0.25) is 0 Å². The monoisotopic (exact) mass is 345 g/mol. The number of nitrogens with one attached hydrogen (secondary N) is 1. The highest BCUT2D eigenvalue weighted by atomic mass is 16.5. The van der Waals surface area contributed by atoms with Crippen molar-refractivity contribution in [1.82, 2.24) is 4.98 Å². The Morgan fingerprint density at radius 2 is 1.72 bits per heavy atom. The fourth-order valence-electron chi connectivity index (χ4n) is 2.51. The number of phenols is 1. The fraction of sp³-hybridized carbons (Fsp3) is 0.278. The molecule has 0 aliphatic carbocycles. The number of rotatable bonds is 6. The highest BCUT2D eigenvalue weighted by Crippen LogP contribution is 2.20. The molecule has 0 fully saturated rings. The number of aromatic hydroxyl groups is 1. The van der Waals surface area contributed by atoms with Crippen molar-refractivity contribution in [3.8, 4) is 5.75 Å². The second kappa shape index (κ2) is 7.65. The summed E-state index contributed by atoms with van der Waals surface area (Å²) in [6.45, 7) is 4.64. The number of Topliss-reactive ketones (excluding diaryl/α,β-unsaturated/α-hetero) is 1. The molecule has 132 valence electrons. The zero-order valence-electron chi connectivity index (χ0n) is 14.2. The summed E-state index contributed by atoms with van der Waals surface area (Å²) >= 11 is 0. The van der Waals surface area contributed by atoms with Crippen molar-refractivity contribution in [2.24, 2.45) is 0 Å². The molecule has 2 rings (SSSR count). The average molecular weight is 345 g/mol. The van der Waals surface area contributed by atoms with Gasteiger partial charge in [-0.3, -0.25) is 4.79 Å². The lowest BCUT2D eigenvalue weighted by atomic mass is 10.1. The number of carbonyl (C=O) groups excluding carboxylic acids is 3. The van der Waals surface area contributed by atoms with E-state index in [1.54, 1.807) is 20.8 Å². The van der Waals surface area contributed by atoms with Crippen LogP contribution in [0.4, 0.5) is 0 Å². The molecule has 0 bridgehead atoms. The van der Waals surface area contributed by atoms with E-state index in [0.717, 1.165) is 0 Å². The van der Waals surface area contributed by atoms with Crippen LogP contribution in [0.15, 0.2) is 24.3 Å². The molecule has 2 aromatic rings. The molecule has 1 heterocycles. The van der Waals surface area contributed by atoms with Gasteiger partial charge in [-0.2, -0.15) is 0 Å². The highest BCUT2D eigenvalue weighted by molar-refractivity contribution is 6.09. The van der Waals surface area contributed by atoms with Crippen molar-refractivity contribution in [3.05, 3.63) is 52.3 Å². The molecule has 2 N–H and O–H groups in total. The number of ketones is 1. The maximum atomic E-state index is 12.5. The summed E-state index contributed by atoms with van der Waals surface area (Å²) in [5.74, 6) is -1.94. The molecule has 0 aliphatic rings. The van der Waals surface area contributed by atoms with Gasteiger partial charge in [-0.05, 0) is 39.0 Å². The summed E-state index contributed by atoms with van der Waals surface area (Å²) in [6.07, 6.45) is 0. The van der Waals surface area contributed by atoms with Crippen LogP contribution in [0.25, 0.3) is 0 Å². The Kier molecular flexibility index (Phi) is 5.59. The number of aryl methyl sites for hydroxylation is 2. The summed E-state index contributed by atoms with van der Waals surface area (Å²) in [4.78, 5) is 39.4. The molecule has 0 amide bonds. The van der Waals surface area contributed by atoms with Crippen LogP contribution in [-0.4, -0.2) is 41.0 Å². The van der Waals surface area contributed by atoms with Gasteiger partial charge in [0.15, 0.2) is 6.61 Å². The maximum Gasteiger partial charge on any atom is 0.340 e. The first kappa shape index (κ1) is 18.3. The Morgan fingerprint density at radius 1 is 1.04 bits per heavy atom. The van der Waals surface area contributed by atoms with Gasteiger partial charge < -0.3 is 19.6 Å². The van der Waals surface area contributed by atoms with Gasteiger partial charge >= 0.3 is 11.9 Å². The Labute approximate surface area is 144 Å². The molecule has 0 saturated carbocycles. The number of hydrogen-bond acceptors (Lipinski definition) is 6. The van der Waals surface area contributed by atoms with Crippen molar-refractivity contribution >= 4 is 17.7 Å². The lowest BCUT2D eigenvalue weighted by molar-refractivity contribution is 0.0471. The van der Waals surface area contributed by atoms with E-state index in [1.807, 2.05) is 0 Å². The molecular weight excluding hydrogens is 326 g/mol. The Balaban J connectivity index is 2.16. The largest absolute Gasteiger partial charge is 0.508 e. The first-order valence-corrected chi connectivity index (χ1v) is 7.70. The smallest absolute Gasteiger partial charge is 0.340 e.